The van der Waals surface area contributed by atoms with Crippen LogP contribution in [0.5, 0.6) is 5.75 Å². The van der Waals surface area contributed by atoms with E-state index in [-0.39, 0.29) is 6.04 Å². The van der Waals surface area contributed by atoms with E-state index < -0.39 is 6.10 Å². The zero-order valence-corrected chi connectivity index (χ0v) is 14.4. The molecule has 3 nitrogen and oxygen atoms in total. The van der Waals surface area contributed by atoms with Crippen LogP contribution in [0.4, 0.5) is 0 Å². The Hall–Kier alpha value is -1.84. The van der Waals surface area contributed by atoms with Gasteiger partial charge in [-0.05, 0) is 61.1 Å². The normalized spacial score (nSPS) is 20.1. The van der Waals surface area contributed by atoms with Crippen LogP contribution in [0.15, 0.2) is 48.5 Å². The summed E-state index contributed by atoms with van der Waals surface area (Å²) >= 11 is 0. The Morgan fingerprint density at radius 3 is 2.71 bits per heavy atom. The molecule has 0 saturated heterocycles. The fourth-order valence-corrected chi connectivity index (χ4v) is 3.82. The van der Waals surface area contributed by atoms with E-state index >= 15 is 0 Å². The predicted octanol–water partition coefficient (Wildman–Crippen LogP) is 3.70. The van der Waals surface area contributed by atoms with Crippen LogP contribution in [0.25, 0.3) is 0 Å². The topological polar surface area (TPSA) is 43.7 Å². The molecule has 1 aliphatic rings. The molecule has 128 valence electrons. The van der Waals surface area contributed by atoms with Gasteiger partial charge in [-0.25, -0.2) is 0 Å². The summed E-state index contributed by atoms with van der Waals surface area (Å²) < 4.78 is 0. The lowest BCUT2D eigenvalue weighted by Crippen LogP contribution is -2.43. The van der Waals surface area contributed by atoms with Crippen LogP contribution in [-0.2, 0) is 12.8 Å². The van der Waals surface area contributed by atoms with Gasteiger partial charge in [0.25, 0.3) is 0 Å². The molecule has 2 unspecified atom stereocenters. The third-order valence-corrected chi connectivity index (χ3v) is 5.03. The van der Waals surface area contributed by atoms with E-state index in [1.165, 1.54) is 5.56 Å². The minimum atomic E-state index is -0.411. The van der Waals surface area contributed by atoms with Crippen LogP contribution in [-0.4, -0.2) is 34.2 Å². The molecule has 0 bridgehead atoms. The number of benzene rings is 2. The average molecular weight is 325 g/mol. The van der Waals surface area contributed by atoms with Crippen molar-refractivity contribution in [3.05, 3.63) is 65.2 Å². The zero-order valence-electron chi connectivity index (χ0n) is 14.4. The van der Waals surface area contributed by atoms with Gasteiger partial charge in [-0.1, -0.05) is 43.3 Å². The first-order chi connectivity index (χ1) is 11.7. The molecule has 0 aromatic heterocycles. The van der Waals surface area contributed by atoms with Crippen molar-refractivity contribution >= 4 is 0 Å². The highest BCUT2D eigenvalue weighted by molar-refractivity contribution is 5.33. The summed E-state index contributed by atoms with van der Waals surface area (Å²) in [5.74, 6) is 0.321. The summed E-state index contributed by atoms with van der Waals surface area (Å²) in [6, 6.07) is 15.9. The molecule has 3 rings (SSSR count). The average Bonchev–Trinajstić information content (AvgIpc) is 2.60. The molecule has 1 aliphatic carbocycles. The summed E-state index contributed by atoms with van der Waals surface area (Å²) in [5, 5.41) is 20.5. The Morgan fingerprint density at radius 2 is 1.92 bits per heavy atom. The Labute approximate surface area is 144 Å². The number of hydrogen-bond acceptors (Lipinski definition) is 3. The fourth-order valence-electron chi connectivity index (χ4n) is 3.82. The van der Waals surface area contributed by atoms with E-state index in [4.69, 9.17) is 0 Å². The van der Waals surface area contributed by atoms with E-state index in [9.17, 15) is 10.2 Å². The maximum atomic E-state index is 10.9. The highest BCUT2D eigenvalue weighted by atomic mass is 16.3. The fraction of sp³-hybridized carbons (Fsp3) is 0.429. The minimum absolute atomic E-state index is 0.178. The lowest BCUT2D eigenvalue weighted by Gasteiger charge is -2.38. The van der Waals surface area contributed by atoms with Crippen molar-refractivity contribution < 1.29 is 10.2 Å². The van der Waals surface area contributed by atoms with E-state index in [1.54, 1.807) is 6.07 Å². The summed E-state index contributed by atoms with van der Waals surface area (Å²) in [5.41, 5.74) is 3.51. The van der Waals surface area contributed by atoms with Crippen molar-refractivity contribution in [3.8, 4) is 5.75 Å². The third-order valence-electron chi connectivity index (χ3n) is 5.03. The van der Waals surface area contributed by atoms with Gasteiger partial charge < -0.3 is 10.2 Å². The van der Waals surface area contributed by atoms with Crippen LogP contribution in [0.2, 0.25) is 0 Å². The second-order valence-corrected chi connectivity index (χ2v) is 6.71. The Bertz CT molecular complexity index is 670. The number of aromatic hydroxyl groups is 1. The van der Waals surface area contributed by atoms with Gasteiger partial charge in [0.2, 0.25) is 0 Å². The Morgan fingerprint density at radius 1 is 1.08 bits per heavy atom. The quantitative estimate of drug-likeness (QED) is 0.851. The second kappa shape index (κ2) is 7.82. The standard InChI is InChI=1S/C21H27NO2/c1-2-13-22(14-12-16-6-5-8-18(23)15-16)20-11-10-17-7-3-4-9-19(17)21(20)24/h3-9,15,20-21,23-24H,2,10-14H2,1H3. The van der Waals surface area contributed by atoms with Gasteiger partial charge in [-0.2, -0.15) is 0 Å². The van der Waals surface area contributed by atoms with Crippen LogP contribution < -0.4 is 0 Å². The summed E-state index contributed by atoms with van der Waals surface area (Å²) in [6.45, 7) is 4.08. The first-order valence-electron chi connectivity index (χ1n) is 8.97. The molecule has 2 aromatic carbocycles. The first-order valence-corrected chi connectivity index (χ1v) is 8.97. The molecule has 24 heavy (non-hydrogen) atoms. The molecular formula is C21H27NO2. The molecule has 2 aromatic rings. The van der Waals surface area contributed by atoms with Gasteiger partial charge in [0.05, 0.1) is 6.10 Å². The predicted molar refractivity (Wildman–Crippen MR) is 97.2 cm³/mol. The van der Waals surface area contributed by atoms with Crippen molar-refractivity contribution in [2.45, 2.75) is 44.8 Å². The molecule has 0 amide bonds. The van der Waals surface area contributed by atoms with Gasteiger partial charge in [0, 0.05) is 12.6 Å². The van der Waals surface area contributed by atoms with E-state index in [1.807, 2.05) is 18.2 Å². The highest BCUT2D eigenvalue weighted by Crippen LogP contribution is 2.33. The van der Waals surface area contributed by atoms with Crippen molar-refractivity contribution in [2.75, 3.05) is 13.1 Å². The molecule has 0 aliphatic heterocycles. The van der Waals surface area contributed by atoms with Gasteiger partial charge in [-0.3, -0.25) is 4.90 Å². The molecule has 0 heterocycles. The van der Waals surface area contributed by atoms with Gasteiger partial charge in [-0.15, -0.1) is 0 Å². The molecule has 0 spiro atoms. The molecular weight excluding hydrogens is 298 g/mol. The number of nitrogens with zero attached hydrogens (tertiary/aromatic N) is 1. The minimum Gasteiger partial charge on any atom is -0.508 e. The van der Waals surface area contributed by atoms with Gasteiger partial charge in [0.15, 0.2) is 0 Å². The number of aliphatic hydroxyl groups excluding tert-OH is 1. The van der Waals surface area contributed by atoms with Crippen LogP contribution in [0.3, 0.4) is 0 Å². The van der Waals surface area contributed by atoms with Gasteiger partial charge in [0.1, 0.15) is 5.75 Å². The van der Waals surface area contributed by atoms with E-state index in [0.29, 0.717) is 5.75 Å². The number of aryl methyl sites for hydroxylation is 1. The van der Waals surface area contributed by atoms with Crippen LogP contribution in [0, 0.1) is 0 Å². The summed E-state index contributed by atoms with van der Waals surface area (Å²) in [6.07, 6.45) is 3.58. The molecule has 2 N–H and O–H groups in total. The molecule has 3 heteroatoms. The first kappa shape index (κ1) is 17.0. The lowest BCUT2D eigenvalue weighted by molar-refractivity contribution is 0.0363. The monoisotopic (exact) mass is 325 g/mol. The van der Waals surface area contributed by atoms with Crippen molar-refractivity contribution in [2.24, 2.45) is 0 Å². The molecule has 0 saturated carbocycles. The van der Waals surface area contributed by atoms with E-state index in [0.717, 1.165) is 49.9 Å². The van der Waals surface area contributed by atoms with Crippen molar-refractivity contribution in [1.29, 1.82) is 0 Å². The number of phenols is 1. The smallest absolute Gasteiger partial charge is 0.115 e. The van der Waals surface area contributed by atoms with Crippen molar-refractivity contribution in [3.63, 3.8) is 0 Å². The summed E-state index contributed by atoms with van der Waals surface area (Å²) in [7, 11) is 0. The second-order valence-electron chi connectivity index (χ2n) is 6.71. The summed E-state index contributed by atoms with van der Waals surface area (Å²) in [4.78, 5) is 2.42. The number of aliphatic hydroxyl groups is 1. The van der Waals surface area contributed by atoms with Crippen molar-refractivity contribution in [1.82, 2.24) is 4.90 Å². The van der Waals surface area contributed by atoms with Crippen LogP contribution >= 0.6 is 0 Å². The van der Waals surface area contributed by atoms with Gasteiger partial charge >= 0.3 is 0 Å². The van der Waals surface area contributed by atoms with E-state index in [2.05, 4.69) is 36.1 Å². The number of fused-ring (bicyclic) bond motifs is 1. The number of phenolic OH excluding ortho intramolecular Hbond substituents is 1. The highest BCUT2D eigenvalue weighted by Gasteiger charge is 2.31. The largest absolute Gasteiger partial charge is 0.508 e. The number of hydrogen-bond donors (Lipinski definition) is 2. The third kappa shape index (κ3) is 3.80. The Balaban J connectivity index is 1.71. The zero-order chi connectivity index (χ0) is 16.9. The maximum Gasteiger partial charge on any atom is 0.115 e. The maximum absolute atomic E-state index is 10.9. The lowest BCUT2D eigenvalue weighted by atomic mass is 9.85. The molecule has 2 atom stereocenters. The molecule has 0 radical (unpaired) electrons. The Kier molecular flexibility index (Phi) is 5.54. The number of rotatable bonds is 6. The van der Waals surface area contributed by atoms with Crippen LogP contribution in [0.1, 0.15) is 42.6 Å². The molecule has 0 fully saturated rings. The SMILES string of the molecule is CCCN(CCc1cccc(O)c1)C1CCc2ccccc2C1O.